The molecule has 8 heteroatoms. The molecule has 2 heterocycles. The summed E-state index contributed by atoms with van der Waals surface area (Å²) in [6.45, 7) is 7.66. The van der Waals surface area contributed by atoms with Crippen LogP contribution in [0.2, 0.25) is 0 Å². The van der Waals surface area contributed by atoms with E-state index in [9.17, 15) is 19.8 Å². The van der Waals surface area contributed by atoms with Gasteiger partial charge in [0.05, 0.1) is 28.6 Å². The predicted octanol–water partition coefficient (Wildman–Crippen LogP) is 6.27. The van der Waals surface area contributed by atoms with Gasteiger partial charge in [0, 0.05) is 23.4 Å². The highest BCUT2D eigenvalue weighted by Gasteiger charge is 2.33. The van der Waals surface area contributed by atoms with E-state index in [-0.39, 0.29) is 12.1 Å². The molecule has 1 aliphatic rings. The zero-order valence-corrected chi connectivity index (χ0v) is 22.0. The molecule has 4 rings (SSSR count). The number of carbonyl (C=O) groups is 2. The molecule has 1 aromatic heterocycles. The second-order valence-corrected chi connectivity index (χ2v) is 11.5. The quantitative estimate of drug-likeness (QED) is 0.330. The van der Waals surface area contributed by atoms with E-state index < -0.39 is 23.8 Å². The summed E-state index contributed by atoms with van der Waals surface area (Å²) >= 11 is 3.38. The number of para-hydroxylation sites is 2. The van der Waals surface area contributed by atoms with Gasteiger partial charge in [-0.3, -0.25) is 9.59 Å². The molecule has 2 aromatic carbocycles. The van der Waals surface area contributed by atoms with E-state index in [0.717, 1.165) is 30.8 Å². The second kappa shape index (κ2) is 10.4. The summed E-state index contributed by atoms with van der Waals surface area (Å²) in [6.07, 6.45) is 3.24. The van der Waals surface area contributed by atoms with Crippen molar-refractivity contribution in [2.24, 2.45) is 11.8 Å². The first kappa shape index (κ1) is 25.3. The molecule has 0 bridgehead atoms. The van der Waals surface area contributed by atoms with Crippen LogP contribution in [0.5, 0.6) is 0 Å². The van der Waals surface area contributed by atoms with Crippen LogP contribution in [-0.2, 0) is 9.59 Å². The first-order valence-corrected chi connectivity index (χ1v) is 13.5. The van der Waals surface area contributed by atoms with Crippen molar-refractivity contribution >= 4 is 57.0 Å². The Morgan fingerprint density at radius 2 is 1.57 bits per heavy atom. The molecular formula is C27H31N2O4S2+. The minimum Gasteiger partial charge on any atom is -0.481 e. The minimum atomic E-state index is -0.786. The average molecular weight is 512 g/mol. The van der Waals surface area contributed by atoms with Crippen LogP contribution in [-0.4, -0.2) is 28.2 Å². The maximum Gasteiger partial charge on any atom is 0.306 e. The first-order chi connectivity index (χ1) is 16.7. The summed E-state index contributed by atoms with van der Waals surface area (Å²) in [5, 5.41) is 21.1. The van der Waals surface area contributed by atoms with Gasteiger partial charge < -0.3 is 15.1 Å². The van der Waals surface area contributed by atoms with E-state index in [1.165, 1.54) is 0 Å². The molecule has 0 saturated heterocycles. The van der Waals surface area contributed by atoms with Gasteiger partial charge in [-0.1, -0.05) is 61.2 Å². The van der Waals surface area contributed by atoms with Crippen LogP contribution in [0.3, 0.4) is 0 Å². The highest BCUT2D eigenvalue weighted by molar-refractivity contribution is 8.03. The monoisotopic (exact) mass is 511 g/mol. The fraction of sp³-hybridized carbons (Fsp3) is 0.370. The topological polar surface area (TPSA) is 81.7 Å². The van der Waals surface area contributed by atoms with Crippen LogP contribution in [0.15, 0.2) is 58.5 Å². The van der Waals surface area contributed by atoms with Crippen LogP contribution >= 0.6 is 23.1 Å². The van der Waals surface area contributed by atoms with Crippen LogP contribution < -0.4 is 9.47 Å². The Hall–Kier alpha value is -2.84. The lowest BCUT2D eigenvalue weighted by Crippen LogP contribution is -2.41. The number of thioether (sulfide) groups is 1. The number of carboxylic acids is 2. The zero-order valence-electron chi connectivity index (χ0n) is 20.3. The van der Waals surface area contributed by atoms with E-state index in [1.807, 2.05) is 24.3 Å². The molecule has 0 saturated carbocycles. The number of rotatable bonds is 9. The normalized spacial score (nSPS) is 17.8. The van der Waals surface area contributed by atoms with Gasteiger partial charge in [0.25, 0.3) is 5.01 Å². The molecular weight excluding hydrogens is 480 g/mol. The van der Waals surface area contributed by atoms with Crippen molar-refractivity contribution in [1.82, 2.24) is 0 Å². The second-order valence-electron chi connectivity index (χ2n) is 9.35. The number of hydrogen-bond acceptors (Lipinski definition) is 5. The number of hydrogen-bond donors (Lipinski definition) is 2. The highest BCUT2D eigenvalue weighted by atomic mass is 32.2. The molecule has 1 aliphatic heterocycles. The third-order valence-electron chi connectivity index (χ3n) is 6.51. The van der Waals surface area contributed by atoms with Crippen molar-refractivity contribution < 1.29 is 24.4 Å². The maximum absolute atomic E-state index is 11.5. The van der Waals surface area contributed by atoms with Crippen molar-refractivity contribution in [2.45, 2.75) is 57.5 Å². The summed E-state index contributed by atoms with van der Waals surface area (Å²) in [4.78, 5) is 26.5. The lowest BCUT2D eigenvalue weighted by Gasteiger charge is -2.29. The molecule has 3 aromatic rings. The lowest BCUT2D eigenvalue weighted by molar-refractivity contribution is -0.693. The van der Waals surface area contributed by atoms with Crippen LogP contribution in [0.1, 0.15) is 51.6 Å². The Morgan fingerprint density at radius 1 is 0.943 bits per heavy atom. The maximum atomic E-state index is 11.5. The van der Waals surface area contributed by atoms with E-state index in [4.69, 9.17) is 0 Å². The average Bonchev–Trinajstić information content (AvgIpc) is 3.36. The van der Waals surface area contributed by atoms with E-state index >= 15 is 0 Å². The summed E-state index contributed by atoms with van der Waals surface area (Å²) in [7, 11) is 0. The van der Waals surface area contributed by atoms with Crippen molar-refractivity contribution in [3.8, 4) is 0 Å². The SMILES string of the molecule is CC(CC(C)N1C(=Cc2sc3ccccc3[n+]2C(C)CC(C)C(=O)O)Sc2ccccc21)C(=O)O. The summed E-state index contributed by atoms with van der Waals surface area (Å²) in [5.74, 6) is -2.47. The molecule has 4 unspecified atom stereocenters. The molecule has 2 N–H and O–H groups in total. The van der Waals surface area contributed by atoms with Crippen molar-refractivity contribution in [3.63, 3.8) is 0 Å². The summed E-state index contributed by atoms with van der Waals surface area (Å²) in [5.41, 5.74) is 2.18. The van der Waals surface area contributed by atoms with Crippen LogP contribution in [0.25, 0.3) is 16.3 Å². The third-order valence-corrected chi connectivity index (χ3v) is 8.69. The van der Waals surface area contributed by atoms with Gasteiger partial charge in [-0.05, 0) is 38.5 Å². The lowest BCUT2D eigenvalue weighted by atomic mass is 10.0. The number of nitrogens with zero attached hydrogens (tertiary/aromatic N) is 2. The van der Waals surface area contributed by atoms with Crippen molar-refractivity contribution in [1.29, 1.82) is 0 Å². The molecule has 0 radical (unpaired) electrons. The van der Waals surface area contributed by atoms with Gasteiger partial charge >= 0.3 is 11.9 Å². The molecule has 35 heavy (non-hydrogen) atoms. The first-order valence-electron chi connectivity index (χ1n) is 11.8. The number of fused-ring (bicyclic) bond motifs is 2. The standard InChI is InChI=1S/C27H30N2O4S2/c1-16(26(30)31)13-18(3)28-20-9-5-7-11-22(20)34-24(28)15-25-29(19(4)14-17(2)27(32)33)21-10-6-8-12-23(21)35-25/h5-12,15-19H,13-14H2,1-4H3,(H-,30,31,32,33)/p+1. The zero-order chi connectivity index (χ0) is 25.3. The number of benzene rings is 2. The molecule has 4 atom stereocenters. The summed E-state index contributed by atoms with van der Waals surface area (Å²) < 4.78 is 3.40. The van der Waals surface area contributed by atoms with Gasteiger partial charge in [0.2, 0.25) is 5.52 Å². The van der Waals surface area contributed by atoms with Crippen molar-refractivity contribution in [2.75, 3.05) is 4.90 Å². The van der Waals surface area contributed by atoms with Gasteiger partial charge in [-0.15, -0.1) is 0 Å². The Morgan fingerprint density at radius 3 is 2.29 bits per heavy atom. The van der Waals surface area contributed by atoms with Crippen LogP contribution in [0, 0.1) is 11.8 Å². The third kappa shape index (κ3) is 5.23. The fourth-order valence-electron chi connectivity index (χ4n) is 4.69. The molecule has 0 spiro atoms. The van der Waals surface area contributed by atoms with Crippen molar-refractivity contribution in [3.05, 3.63) is 58.6 Å². The Bertz CT molecular complexity index is 1290. The highest BCUT2D eigenvalue weighted by Crippen LogP contribution is 2.48. The number of thiazole rings is 1. The Labute approximate surface area is 213 Å². The molecule has 184 valence electrons. The molecule has 0 aliphatic carbocycles. The van der Waals surface area contributed by atoms with Gasteiger partial charge in [0.1, 0.15) is 4.70 Å². The largest absolute Gasteiger partial charge is 0.481 e. The van der Waals surface area contributed by atoms with Crippen LogP contribution in [0.4, 0.5) is 5.69 Å². The molecule has 0 fully saturated rings. The van der Waals surface area contributed by atoms with E-state index in [0.29, 0.717) is 12.8 Å². The van der Waals surface area contributed by atoms with Gasteiger partial charge in [-0.2, -0.15) is 4.57 Å². The Kier molecular flexibility index (Phi) is 7.52. The van der Waals surface area contributed by atoms with Gasteiger partial charge in [-0.25, -0.2) is 0 Å². The number of carboxylic acid groups (broad SMARTS) is 2. The van der Waals surface area contributed by atoms with Gasteiger partial charge in [0.15, 0.2) is 6.04 Å². The Balaban J connectivity index is 1.78. The molecule has 6 nitrogen and oxygen atoms in total. The number of aliphatic carboxylic acids is 2. The summed E-state index contributed by atoms with van der Waals surface area (Å²) in [6, 6.07) is 16.4. The molecule has 0 amide bonds. The number of aromatic nitrogens is 1. The van der Waals surface area contributed by atoms with E-state index in [1.54, 1.807) is 36.9 Å². The van der Waals surface area contributed by atoms with E-state index in [2.05, 4.69) is 53.7 Å². The fourth-order valence-corrected chi connectivity index (χ4v) is 7.15. The smallest absolute Gasteiger partial charge is 0.306 e. The number of anilines is 1. The minimum absolute atomic E-state index is 0.00390. The predicted molar refractivity (Wildman–Crippen MR) is 142 cm³/mol.